The zero-order chi connectivity index (χ0) is 16.1. The molecule has 0 heterocycles. The summed E-state index contributed by atoms with van der Waals surface area (Å²) < 4.78 is 0. The molecule has 0 aromatic heterocycles. The van der Waals surface area contributed by atoms with Crippen molar-refractivity contribution in [3.63, 3.8) is 0 Å². The quantitative estimate of drug-likeness (QED) is 0.553. The highest BCUT2D eigenvalue weighted by Gasteiger charge is 1.99. The topological polar surface area (TPSA) is 17.1 Å². The van der Waals surface area contributed by atoms with Crippen LogP contribution in [0.3, 0.4) is 0 Å². The molecular formula is C17H10Cl4O. The first-order valence-electron chi connectivity index (χ1n) is 6.26. The monoisotopic (exact) mass is 370 g/mol. The van der Waals surface area contributed by atoms with E-state index in [1.807, 2.05) is 0 Å². The Morgan fingerprint density at radius 2 is 1.09 bits per heavy atom. The van der Waals surface area contributed by atoms with Crippen LogP contribution in [0.2, 0.25) is 20.1 Å². The van der Waals surface area contributed by atoms with Gasteiger partial charge in [-0.05, 0) is 47.5 Å². The minimum atomic E-state index is -0.155. The molecule has 0 amide bonds. The highest BCUT2D eigenvalue weighted by Crippen LogP contribution is 2.24. The van der Waals surface area contributed by atoms with E-state index < -0.39 is 0 Å². The Morgan fingerprint density at radius 3 is 1.45 bits per heavy atom. The summed E-state index contributed by atoms with van der Waals surface area (Å²) in [5.41, 5.74) is 1.59. The minimum absolute atomic E-state index is 0.155. The predicted molar refractivity (Wildman–Crippen MR) is 96.0 cm³/mol. The summed E-state index contributed by atoms with van der Waals surface area (Å²) >= 11 is 23.5. The van der Waals surface area contributed by atoms with Gasteiger partial charge in [0.05, 0.1) is 20.1 Å². The number of allylic oxidation sites excluding steroid dienone is 2. The smallest absolute Gasteiger partial charge is 0.178 e. The van der Waals surface area contributed by atoms with Gasteiger partial charge in [0, 0.05) is 0 Å². The summed E-state index contributed by atoms with van der Waals surface area (Å²) in [6.45, 7) is 0. The molecule has 0 fully saturated rings. The zero-order valence-corrected chi connectivity index (χ0v) is 14.2. The number of hydrogen-bond donors (Lipinski definition) is 0. The van der Waals surface area contributed by atoms with E-state index in [4.69, 9.17) is 46.4 Å². The molecule has 0 spiro atoms. The molecule has 5 heteroatoms. The van der Waals surface area contributed by atoms with E-state index in [-0.39, 0.29) is 5.78 Å². The fourth-order valence-electron chi connectivity index (χ4n) is 1.64. The van der Waals surface area contributed by atoms with E-state index in [1.165, 1.54) is 12.2 Å². The summed E-state index contributed by atoms with van der Waals surface area (Å²) in [6.07, 6.45) is 6.24. The molecule has 0 bridgehead atoms. The maximum atomic E-state index is 11.8. The van der Waals surface area contributed by atoms with Crippen LogP contribution in [0.1, 0.15) is 11.1 Å². The molecule has 2 aromatic carbocycles. The molecule has 0 saturated heterocycles. The van der Waals surface area contributed by atoms with Crippen LogP contribution in [0.15, 0.2) is 48.6 Å². The van der Waals surface area contributed by atoms with Crippen molar-refractivity contribution in [3.05, 3.63) is 79.8 Å². The average molecular weight is 372 g/mol. The molecule has 22 heavy (non-hydrogen) atoms. The Bertz CT molecular complexity index is 700. The van der Waals surface area contributed by atoms with Crippen LogP contribution in [0.4, 0.5) is 0 Å². The van der Waals surface area contributed by atoms with Gasteiger partial charge in [0.15, 0.2) is 5.78 Å². The Balaban J connectivity index is 2.05. The molecule has 0 atom stereocenters. The van der Waals surface area contributed by atoms with Crippen LogP contribution in [0.5, 0.6) is 0 Å². The molecule has 0 radical (unpaired) electrons. The number of carbonyl (C=O) groups is 1. The van der Waals surface area contributed by atoms with Gasteiger partial charge in [0.2, 0.25) is 0 Å². The lowest BCUT2D eigenvalue weighted by molar-refractivity contribution is -0.110. The SMILES string of the molecule is O=C(/C=C/c1ccc(Cl)c(Cl)c1)/C=C/c1ccc(Cl)c(Cl)c1. The van der Waals surface area contributed by atoms with E-state index in [9.17, 15) is 4.79 Å². The Kier molecular flexibility index (Phi) is 6.10. The standard InChI is InChI=1S/C17H10Cl4O/c18-14-7-3-11(9-16(14)20)1-5-13(22)6-2-12-4-8-15(19)17(21)10-12/h1-10H/b5-1+,6-2+. The van der Waals surface area contributed by atoms with Gasteiger partial charge in [0.25, 0.3) is 0 Å². The second-order valence-electron chi connectivity index (χ2n) is 4.42. The first-order chi connectivity index (χ1) is 10.5. The molecule has 2 aromatic rings. The summed E-state index contributed by atoms with van der Waals surface area (Å²) in [6, 6.07) is 10.3. The van der Waals surface area contributed by atoms with Crippen molar-refractivity contribution in [2.45, 2.75) is 0 Å². The zero-order valence-electron chi connectivity index (χ0n) is 11.2. The molecular weight excluding hydrogens is 362 g/mol. The number of ketones is 1. The minimum Gasteiger partial charge on any atom is -0.290 e. The van der Waals surface area contributed by atoms with Gasteiger partial charge in [-0.1, -0.05) is 70.7 Å². The summed E-state index contributed by atoms with van der Waals surface area (Å²) in [4.78, 5) is 11.8. The predicted octanol–water partition coefficient (Wildman–Crippen LogP) is 6.60. The Morgan fingerprint density at radius 1 is 0.682 bits per heavy atom. The van der Waals surface area contributed by atoms with Crippen LogP contribution < -0.4 is 0 Å². The van der Waals surface area contributed by atoms with E-state index in [0.717, 1.165) is 11.1 Å². The average Bonchev–Trinajstić information content (AvgIpc) is 2.49. The maximum absolute atomic E-state index is 11.8. The molecule has 0 aliphatic carbocycles. The van der Waals surface area contributed by atoms with E-state index in [0.29, 0.717) is 20.1 Å². The lowest BCUT2D eigenvalue weighted by Gasteiger charge is -1.97. The first kappa shape index (κ1) is 17.1. The number of benzene rings is 2. The fraction of sp³-hybridized carbons (Fsp3) is 0. The molecule has 2 rings (SSSR count). The van der Waals surface area contributed by atoms with Crippen molar-refractivity contribution >= 4 is 64.3 Å². The molecule has 0 saturated carbocycles. The third-order valence-corrected chi connectivity index (χ3v) is 4.25. The van der Waals surface area contributed by atoms with Gasteiger partial charge in [-0.15, -0.1) is 0 Å². The van der Waals surface area contributed by atoms with Crippen LogP contribution in [-0.2, 0) is 4.79 Å². The number of hydrogen-bond acceptors (Lipinski definition) is 1. The van der Waals surface area contributed by atoms with E-state index >= 15 is 0 Å². The third-order valence-electron chi connectivity index (χ3n) is 2.77. The lowest BCUT2D eigenvalue weighted by Crippen LogP contribution is -1.85. The van der Waals surface area contributed by atoms with Crippen LogP contribution in [-0.4, -0.2) is 5.78 Å². The summed E-state index contributed by atoms with van der Waals surface area (Å²) in [5.74, 6) is -0.155. The molecule has 112 valence electrons. The highest BCUT2D eigenvalue weighted by molar-refractivity contribution is 6.42. The lowest BCUT2D eigenvalue weighted by atomic mass is 10.1. The van der Waals surface area contributed by atoms with Gasteiger partial charge in [-0.25, -0.2) is 0 Å². The second-order valence-corrected chi connectivity index (χ2v) is 6.04. The molecule has 0 unspecified atom stereocenters. The first-order valence-corrected chi connectivity index (χ1v) is 7.77. The third kappa shape index (κ3) is 4.89. The van der Waals surface area contributed by atoms with Crippen LogP contribution in [0, 0.1) is 0 Å². The van der Waals surface area contributed by atoms with Crippen molar-refractivity contribution in [1.29, 1.82) is 0 Å². The Hall–Kier alpha value is -1.25. The second kappa shape index (κ2) is 7.85. The fourth-order valence-corrected chi connectivity index (χ4v) is 2.26. The van der Waals surface area contributed by atoms with E-state index in [2.05, 4.69) is 0 Å². The molecule has 0 aliphatic rings. The van der Waals surface area contributed by atoms with Gasteiger partial charge >= 0.3 is 0 Å². The van der Waals surface area contributed by atoms with Crippen molar-refractivity contribution in [1.82, 2.24) is 0 Å². The number of rotatable bonds is 4. The number of halogens is 4. The van der Waals surface area contributed by atoms with Gasteiger partial charge < -0.3 is 0 Å². The van der Waals surface area contributed by atoms with Crippen molar-refractivity contribution < 1.29 is 4.79 Å². The molecule has 0 N–H and O–H groups in total. The molecule has 1 nitrogen and oxygen atoms in total. The van der Waals surface area contributed by atoms with Crippen molar-refractivity contribution in [2.75, 3.05) is 0 Å². The maximum Gasteiger partial charge on any atom is 0.178 e. The van der Waals surface area contributed by atoms with Gasteiger partial charge in [-0.3, -0.25) is 4.79 Å². The van der Waals surface area contributed by atoms with Crippen molar-refractivity contribution in [2.24, 2.45) is 0 Å². The van der Waals surface area contributed by atoms with Gasteiger partial charge in [0.1, 0.15) is 0 Å². The Labute approximate surface area is 148 Å². The van der Waals surface area contributed by atoms with Crippen LogP contribution in [0.25, 0.3) is 12.2 Å². The summed E-state index contributed by atoms with van der Waals surface area (Å²) in [5, 5.41) is 1.85. The van der Waals surface area contributed by atoms with Gasteiger partial charge in [-0.2, -0.15) is 0 Å². The molecule has 0 aliphatic heterocycles. The van der Waals surface area contributed by atoms with Crippen LogP contribution >= 0.6 is 46.4 Å². The summed E-state index contributed by atoms with van der Waals surface area (Å²) in [7, 11) is 0. The van der Waals surface area contributed by atoms with E-state index in [1.54, 1.807) is 48.6 Å². The highest BCUT2D eigenvalue weighted by atomic mass is 35.5. The van der Waals surface area contributed by atoms with Crippen molar-refractivity contribution in [3.8, 4) is 0 Å². The normalized spacial score (nSPS) is 11.5. The number of carbonyl (C=O) groups excluding carboxylic acids is 1. The largest absolute Gasteiger partial charge is 0.290 e.